The molecule has 21 heavy (non-hydrogen) atoms. The van der Waals surface area contributed by atoms with Crippen molar-refractivity contribution in [2.45, 2.75) is 38.6 Å². The number of halogens is 1. The zero-order chi connectivity index (χ0) is 13.8. The Morgan fingerprint density at radius 2 is 2.19 bits per heavy atom. The molecule has 0 amide bonds. The van der Waals surface area contributed by atoms with E-state index < -0.39 is 0 Å². The third kappa shape index (κ3) is 4.36. The lowest BCUT2D eigenvalue weighted by molar-refractivity contribution is 0.388. The van der Waals surface area contributed by atoms with Crippen LogP contribution in [0.25, 0.3) is 12.2 Å². The first-order valence-corrected chi connectivity index (χ1v) is 7.86. The Morgan fingerprint density at radius 3 is 3.00 bits per heavy atom. The Hall–Kier alpha value is -1.24. The van der Waals surface area contributed by atoms with E-state index in [-0.39, 0.29) is 18.4 Å². The largest absolute Gasteiger partial charge is 0.335 e. The number of aromatic nitrogens is 3. The Labute approximate surface area is 134 Å². The molecular weight excluding hydrogens is 308 g/mol. The highest BCUT2D eigenvalue weighted by Crippen LogP contribution is 2.20. The quantitative estimate of drug-likeness (QED) is 0.933. The molecule has 0 radical (unpaired) electrons. The number of rotatable bonds is 3. The highest BCUT2D eigenvalue weighted by atomic mass is 35.5. The minimum absolute atomic E-state index is 0. The molecule has 0 aliphatic carbocycles. The van der Waals surface area contributed by atoms with Gasteiger partial charge in [-0.15, -0.1) is 23.7 Å². The summed E-state index contributed by atoms with van der Waals surface area (Å²) in [5.74, 6) is 1.30. The molecule has 7 heteroatoms. The first-order valence-electron chi connectivity index (χ1n) is 6.98. The third-order valence-electron chi connectivity index (χ3n) is 3.36. The van der Waals surface area contributed by atoms with Crippen LogP contribution in [0.5, 0.6) is 0 Å². The molecule has 1 aliphatic rings. The predicted octanol–water partition coefficient (Wildman–Crippen LogP) is 3.63. The molecule has 3 heterocycles. The van der Waals surface area contributed by atoms with Crippen molar-refractivity contribution in [3.05, 3.63) is 27.8 Å². The van der Waals surface area contributed by atoms with Gasteiger partial charge < -0.3 is 9.84 Å². The molecule has 1 fully saturated rings. The van der Waals surface area contributed by atoms with E-state index in [0.717, 1.165) is 29.5 Å². The number of nitrogens with zero attached hydrogens (tertiary/aromatic N) is 3. The van der Waals surface area contributed by atoms with E-state index in [4.69, 9.17) is 4.52 Å². The van der Waals surface area contributed by atoms with E-state index in [1.54, 1.807) is 11.3 Å². The summed E-state index contributed by atoms with van der Waals surface area (Å²) in [6.07, 6.45) is 8.52. The van der Waals surface area contributed by atoms with Crippen molar-refractivity contribution in [2.75, 3.05) is 6.54 Å². The molecule has 0 spiro atoms. The van der Waals surface area contributed by atoms with Crippen molar-refractivity contribution in [2.24, 2.45) is 0 Å². The fourth-order valence-electron chi connectivity index (χ4n) is 2.32. The van der Waals surface area contributed by atoms with Gasteiger partial charge in [0.15, 0.2) is 5.82 Å². The van der Waals surface area contributed by atoms with Crippen LogP contribution < -0.4 is 5.32 Å². The van der Waals surface area contributed by atoms with Gasteiger partial charge in [0.25, 0.3) is 5.89 Å². The van der Waals surface area contributed by atoms with Crippen LogP contribution in [0.15, 0.2) is 9.90 Å². The van der Waals surface area contributed by atoms with Crippen LogP contribution in [0.3, 0.4) is 0 Å². The summed E-state index contributed by atoms with van der Waals surface area (Å²) in [6, 6.07) is 0.227. The van der Waals surface area contributed by atoms with Gasteiger partial charge in [0.2, 0.25) is 0 Å². The van der Waals surface area contributed by atoms with Gasteiger partial charge in [-0.1, -0.05) is 18.0 Å². The summed E-state index contributed by atoms with van der Waals surface area (Å²) in [5, 5.41) is 10.6. The molecule has 3 rings (SSSR count). The lowest BCUT2D eigenvalue weighted by Crippen LogP contribution is -2.21. The molecular formula is C14H19ClN4OS. The van der Waals surface area contributed by atoms with Gasteiger partial charge in [0.1, 0.15) is 0 Å². The topological polar surface area (TPSA) is 63.8 Å². The first-order chi connectivity index (χ1) is 9.81. The van der Waals surface area contributed by atoms with Crippen LogP contribution in [-0.2, 0) is 0 Å². The van der Waals surface area contributed by atoms with E-state index in [1.165, 1.54) is 19.3 Å². The fourth-order valence-corrected chi connectivity index (χ4v) is 2.90. The smallest absolute Gasteiger partial charge is 0.250 e. The number of nitrogens with one attached hydrogen (secondary N) is 1. The third-order valence-corrected chi connectivity index (χ3v) is 4.15. The van der Waals surface area contributed by atoms with Gasteiger partial charge in [-0.25, -0.2) is 4.98 Å². The molecule has 2 aromatic heterocycles. The number of hydrogen-bond donors (Lipinski definition) is 1. The molecule has 1 N–H and O–H groups in total. The second kappa shape index (κ2) is 7.68. The van der Waals surface area contributed by atoms with Crippen LogP contribution in [-0.4, -0.2) is 21.7 Å². The van der Waals surface area contributed by atoms with E-state index in [1.807, 2.05) is 24.5 Å². The Morgan fingerprint density at radius 1 is 1.29 bits per heavy atom. The number of thiazole rings is 1. The lowest BCUT2D eigenvalue weighted by Gasteiger charge is -2.09. The summed E-state index contributed by atoms with van der Waals surface area (Å²) in [4.78, 5) is 8.81. The van der Waals surface area contributed by atoms with Crippen molar-refractivity contribution in [1.82, 2.24) is 20.4 Å². The maximum atomic E-state index is 5.27. The number of hydrogen-bond acceptors (Lipinski definition) is 6. The van der Waals surface area contributed by atoms with Crippen LogP contribution >= 0.6 is 23.7 Å². The van der Waals surface area contributed by atoms with Crippen molar-refractivity contribution < 1.29 is 4.52 Å². The average Bonchev–Trinajstić information content (AvgIpc) is 2.99. The first kappa shape index (κ1) is 16.1. The summed E-state index contributed by atoms with van der Waals surface area (Å²) in [6.45, 7) is 3.02. The van der Waals surface area contributed by atoms with Gasteiger partial charge in [-0.05, 0) is 32.4 Å². The molecule has 0 bridgehead atoms. The van der Waals surface area contributed by atoms with Gasteiger partial charge >= 0.3 is 0 Å². The van der Waals surface area contributed by atoms with E-state index >= 15 is 0 Å². The number of aryl methyl sites for hydroxylation is 1. The normalized spacial score (nSPS) is 19.4. The Kier molecular flexibility index (Phi) is 5.90. The predicted molar refractivity (Wildman–Crippen MR) is 86.5 cm³/mol. The second-order valence-corrected chi connectivity index (χ2v) is 6.03. The summed E-state index contributed by atoms with van der Waals surface area (Å²) in [7, 11) is 0. The minimum atomic E-state index is 0. The van der Waals surface area contributed by atoms with Crippen LogP contribution in [0, 0.1) is 6.92 Å². The second-order valence-electron chi connectivity index (χ2n) is 4.97. The molecule has 1 aliphatic heterocycles. The van der Waals surface area contributed by atoms with Crippen LogP contribution in [0.4, 0.5) is 0 Å². The summed E-state index contributed by atoms with van der Waals surface area (Å²) < 4.78 is 5.27. The van der Waals surface area contributed by atoms with Gasteiger partial charge in [0, 0.05) is 11.5 Å². The SMILES string of the molecule is Cc1nc(C=Cc2nc(C3CCCCCN3)no2)cs1.Cl. The highest BCUT2D eigenvalue weighted by Gasteiger charge is 2.18. The maximum absolute atomic E-state index is 5.27. The zero-order valence-corrected chi connectivity index (χ0v) is 13.5. The summed E-state index contributed by atoms with van der Waals surface area (Å²) >= 11 is 1.63. The van der Waals surface area contributed by atoms with Crippen molar-refractivity contribution in [1.29, 1.82) is 0 Å². The van der Waals surface area contributed by atoms with E-state index in [9.17, 15) is 0 Å². The van der Waals surface area contributed by atoms with Gasteiger partial charge in [-0.2, -0.15) is 4.98 Å². The maximum Gasteiger partial charge on any atom is 0.250 e. The molecule has 5 nitrogen and oxygen atoms in total. The Balaban J connectivity index is 0.00000161. The van der Waals surface area contributed by atoms with Crippen LogP contribution in [0.2, 0.25) is 0 Å². The van der Waals surface area contributed by atoms with E-state index in [0.29, 0.717) is 5.89 Å². The molecule has 0 saturated carbocycles. The van der Waals surface area contributed by atoms with Crippen LogP contribution in [0.1, 0.15) is 54.1 Å². The van der Waals surface area contributed by atoms with Gasteiger partial charge in [0.05, 0.1) is 16.7 Å². The molecule has 1 saturated heterocycles. The monoisotopic (exact) mass is 326 g/mol. The fraction of sp³-hybridized carbons (Fsp3) is 0.500. The van der Waals surface area contributed by atoms with Crippen molar-refractivity contribution in [3.63, 3.8) is 0 Å². The summed E-state index contributed by atoms with van der Waals surface area (Å²) in [5.41, 5.74) is 0.930. The molecule has 1 atom stereocenters. The van der Waals surface area contributed by atoms with E-state index in [2.05, 4.69) is 20.4 Å². The minimum Gasteiger partial charge on any atom is -0.335 e. The average molecular weight is 327 g/mol. The Bertz CT molecular complexity index is 587. The zero-order valence-electron chi connectivity index (χ0n) is 11.9. The standard InChI is InChI=1S/C14H18N4OS.ClH/c1-10-16-11(9-20-10)6-7-13-17-14(18-19-13)12-5-3-2-4-8-15-12;/h6-7,9,12,15H,2-5,8H2,1H3;1H. The van der Waals surface area contributed by atoms with Gasteiger partial charge in [-0.3, -0.25) is 0 Å². The van der Waals surface area contributed by atoms with Crippen molar-refractivity contribution >= 4 is 35.9 Å². The molecule has 1 unspecified atom stereocenters. The highest BCUT2D eigenvalue weighted by molar-refractivity contribution is 7.09. The molecule has 2 aromatic rings. The van der Waals surface area contributed by atoms with Crippen molar-refractivity contribution in [3.8, 4) is 0 Å². The molecule has 0 aromatic carbocycles. The molecule has 114 valence electrons. The lowest BCUT2D eigenvalue weighted by atomic mass is 10.1.